The second-order valence-electron chi connectivity index (χ2n) is 4.54. The largest absolute Gasteiger partial charge is 0.492 e. The van der Waals surface area contributed by atoms with E-state index in [-0.39, 0.29) is 4.90 Å². The topological polar surface area (TPSA) is 46.6 Å². The first-order chi connectivity index (χ1) is 9.52. The maximum Gasteiger partial charge on any atom is 0.242 e. The maximum atomic E-state index is 12.3. The number of ether oxygens (including phenoxy) is 1. The molecule has 1 rings (SSSR count). The molecule has 0 amide bonds. The average molecular weight is 320 g/mol. The Balaban J connectivity index is 2.71. The minimum absolute atomic E-state index is 0.287. The molecule has 0 spiro atoms. The number of alkyl halides is 1. The van der Waals surface area contributed by atoms with Crippen LogP contribution in [0.1, 0.15) is 26.2 Å². The molecule has 6 heteroatoms. The number of halogens is 1. The zero-order valence-corrected chi connectivity index (χ0v) is 13.6. The Kier molecular flexibility index (Phi) is 7.34. The second-order valence-corrected chi connectivity index (χ2v) is 6.97. The summed E-state index contributed by atoms with van der Waals surface area (Å²) in [5.74, 6) is 1.03. The van der Waals surface area contributed by atoms with Gasteiger partial charge in [-0.3, -0.25) is 0 Å². The van der Waals surface area contributed by atoms with Crippen molar-refractivity contribution in [1.29, 1.82) is 0 Å². The smallest absolute Gasteiger partial charge is 0.242 e. The second kappa shape index (κ2) is 8.49. The lowest BCUT2D eigenvalue weighted by atomic mass is 10.2. The Morgan fingerprint density at radius 2 is 1.85 bits per heavy atom. The number of unbranched alkanes of at least 4 members (excludes halogenated alkanes) is 2. The lowest BCUT2D eigenvalue weighted by Gasteiger charge is -2.17. The average Bonchev–Trinajstić information content (AvgIpc) is 2.45. The molecule has 0 unspecified atom stereocenters. The summed E-state index contributed by atoms with van der Waals surface area (Å²) in [5, 5.41) is 0. The van der Waals surface area contributed by atoms with Gasteiger partial charge in [-0.2, -0.15) is 0 Å². The van der Waals surface area contributed by atoms with Crippen LogP contribution >= 0.6 is 11.6 Å². The molecule has 4 nitrogen and oxygen atoms in total. The van der Waals surface area contributed by atoms with E-state index >= 15 is 0 Å². The summed E-state index contributed by atoms with van der Waals surface area (Å²) in [6, 6.07) is 6.43. The van der Waals surface area contributed by atoms with Crippen LogP contribution in [-0.2, 0) is 10.0 Å². The van der Waals surface area contributed by atoms with E-state index in [4.69, 9.17) is 16.3 Å². The zero-order chi connectivity index (χ0) is 15.0. The normalized spacial score (nSPS) is 11.8. The number of hydrogen-bond donors (Lipinski definition) is 0. The Hall–Kier alpha value is -0.780. The van der Waals surface area contributed by atoms with Crippen LogP contribution in [0.2, 0.25) is 0 Å². The van der Waals surface area contributed by atoms with Crippen LogP contribution in [0.4, 0.5) is 0 Å². The molecular formula is C14H22ClNO3S. The molecule has 0 aliphatic rings. The number of nitrogens with zero attached hydrogens (tertiary/aromatic N) is 1. The van der Waals surface area contributed by atoms with Gasteiger partial charge in [0.15, 0.2) is 0 Å². The van der Waals surface area contributed by atoms with Gasteiger partial charge in [-0.15, -0.1) is 11.6 Å². The van der Waals surface area contributed by atoms with Crippen LogP contribution in [0.3, 0.4) is 0 Å². The molecular weight excluding hydrogens is 298 g/mol. The number of rotatable bonds is 9. The summed E-state index contributed by atoms with van der Waals surface area (Å²) >= 11 is 5.53. The van der Waals surface area contributed by atoms with Crippen molar-refractivity contribution in [2.75, 3.05) is 26.1 Å². The molecule has 0 saturated heterocycles. The summed E-state index contributed by atoms with van der Waals surface area (Å²) < 4.78 is 31.4. The van der Waals surface area contributed by atoms with E-state index < -0.39 is 10.0 Å². The van der Waals surface area contributed by atoms with Gasteiger partial charge < -0.3 is 4.74 Å². The van der Waals surface area contributed by atoms with Crippen molar-refractivity contribution in [3.8, 4) is 5.75 Å². The summed E-state index contributed by atoms with van der Waals surface area (Å²) in [7, 11) is -1.79. The minimum atomic E-state index is -3.40. The third kappa shape index (κ3) is 4.96. The van der Waals surface area contributed by atoms with Gasteiger partial charge in [-0.1, -0.05) is 19.8 Å². The van der Waals surface area contributed by atoms with Crippen molar-refractivity contribution in [3.63, 3.8) is 0 Å². The molecule has 0 radical (unpaired) electrons. The first kappa shape index (κ1) is 17.3. The van der Waals surface area contributed by atoms with Crippen molar-refractivity contribution in [2.45, 2.75) is 31.1 Å². The van der Waals surface area contributed by atoms with E-state index in [1.807, 2.05) is 0 Å². The van der Waals surface area contributed by atoms with Gasteiger partial charge in [0.2, 0.25) is 10.0 Å². The molecule has 0 aliphatic heterocycles. The summed E-state index contributed by atoms with van der Waals surface area (Å²) in [6.45, 7) is 3.04. The summed E-state index contributed by atoms with van der Waals surface area (Å²) in [4.78, 5) is 0.287. The third-order valence-electron chi connectivity index (χ3n) is 2.95. The molecule has 20 heavy (non-hydrogen) atoms. The lowest BCUT2D eigenvalue weighted by Crippen LogP contribution is -2.27. The fourth-order valence-corrected chi connectivity index (χ4v) is 3.04. The van der Waals surface area contributed by atoms with Gasteiger partial charge in [0.25, 0.3) is 0 Å². The van der Waals surface area contributed by atoms with E-state index in [0.29, 0.717) is 24.8 Å². The molecule has 0 heterocycles. The third-order valence-corrected chi connectivity index (χ3v) is 4.98. The molecule has 1 aromatic carbocycles. The highest BCUT2D eigenvalue weighted by molar-refractivity contribution is 7.89. The highest BCUT2D eigenvalue weighted by Gasteiger charge is 2.19. The van der Waals surface area contributed by atoms with Crippen LogP contribution in [-0.4, -0.2) is 38.8 Å². The lowest BCUT2D eigenvalue weighted by molar-refractivity contribution is 0.342. The quantitative estimate of drug-likeness (QED) is 0.519. The van der Waals surface area contributed by atoms with Gasteiger partial charge in [-0.25, -0.2) is 12.7 Å². The number of hydrogen-bond acceptors (Lipinski definition) is 3. The van der Waals surface area contributed by atoms with Gasteiger partial charge in [-0.05, 0) is 30.7 Å². The van der Waals surface area contributed by atoms with Gasteiger partial charge in [0.05, 0.1) is 10.8 Å². The van der Waals surface area contributed by atoms with Crippen molar-refractivity contribution in [3.05, 3.63) is 24.3 Å². The number of benzene rings is 1. The Morgan fingerprint density at radius 3 is 2.40 bits per heavy atom. The molecule has 0 atom stereocenters. The highest BCUT2D eigenvalue weighted by atomic mass is 35.5. The molecule has 0 saturated carbocycles. The predicted molar refractivity (Wildman–Crippen MR) is 82.0 cm³/mol. The maximum absolute atomic E-state index is 12.3. The molecule has 114 valence electrons. The van der Waals surface area contributed by atoms with E-state index in [1.54, 1.807) is 31.3 Å². The van der Waals surface area contributed by atoms with Crippen molar-refractivity contribution < 1.29 is 13.2 Å². The Bertz CT molecular complexity index is 488. The van der Waals surface area contributed by atoms with Gasteiger partial charge >= 0.3 is 0 Å². The van der Waals surface area contributed by atoms with E-state index in [0.717, 1.165) is 19.3 Å². The standard InChI is InChI=1S/C14H22ClNO3S/c1-3-4-5-11-16(2)20(17,18)14-8-6-13(7-9-14)19-12-10-15/h6-9H,3-5,10-12H2,1-2H3. The van der Waals surface area contributed by atoms with E-state index in [1.165, 1.54) is 4.31 Å². The number of sulfonamides is 1. The van der Waals surface area contributed by atoms with Crippen LogP contribution in [0.15, 0.2) is 29.2 Å². The minimum Gasteiger partial charge on any atom is -0.492 e. The SMILES string of the molecule is CCCCCN(C)S(=O)(=O)c1ccc(OCCCl)cc1. The fraction of sp³-hybridized carbons (Fsp3) is 0.571. The summed E-state index contributed by atoms with van der Waals surface area (Å²) in [6.07, 6.45) is 2.98. The van der Waals surface area contributed by atoms with E-state index in [2.05, 4.69) is 6.92 Å². The van der Waals surface area contributed by atoms with E-state index in [9.17, 15) is 8.42 Å². The molecule has 0 fully saturated rings. The first-order valence-corrected chi connectivity index (χ1v) is 8.75. The van der Waals surface area contributed by atoms with Crippen LogP contribution in [0.5, 0.6) is 5.75 Å². The van der Waals surface area contributed by atoms with Crippen LogP contribution < -0.4 is 4.74 Å². The first-order valence-electron chi connectivity index (χ1n) is 6.77. The Labute approximate surface area is 126 Å². The summed E-state index contributed by atoms with van der Waals surface area (Å²) in [5.41, 5.74) is 0. The highest BCUT2D eigenvalue weighted by Crippen LogP contribution is 2.19. The zero-order valence-electron chi connectivity index (χ0n) is 12.0. The van der Waals surface area contributed by atoms with Gasteiger partial charge in [0, 0.05) is 13.6 Å². The molecule has 0 bridgehead atoms. The van der Waals surface area contributed by atoms with Crippen molar-refractivity contribution in [1.82, 2.24) is 4.31 Å². The fourth-order valence-electron chi connectivity index (χ4n) is 1.75. The van der Waals surface area contributed by atoms with Crippen LogP contribution in [0.25, 0.3) is 0 Å². The van der Waals surface area contributed by atoms with Gasteiger partial charge in [0.1, 0.15) is 12.4 Å². The van der Waals surface area contributed by atoms with Crippen LogP contribution in [0, 0.1) is 0 Å². The van der Waals surface area contributed by atoms with Crippen molar-refractivity contribution >= 4 is 21.6 Å². The Morgan fingerprint density at radius 1 is 1.20 bits per heavy atom. The predicted octanol–water partition coefficient (Wildman–Crippen LogP) is 3.11. The molecule has 0 aromatic heterocycles. The molecule has 0 N–H and O–H groups in total. The molecule has 0 aliphatic carbocycles. The van der Waals surface area contributed by atoms with Crippen molar-refractivity contribution in [2.24, 2.45) is 0 Å². The monoisotopic (exact) mass is 319 g/mol. The molecule has 1 aromatic rings.